The Morgan fingerprint density at radius 2 is 1.96 bits per heavy atom. The van der Waals surface area contributed by atoms with Gasteiger partial charge in [0.25, 0.3) is 5.91 Å². The largest absolute Gasteiger partial charge is 0.324 e. The highest BCUT2D eigenvalue weighted by Crippen LogP contribution is 2.18. The first-order chi connectivity index (χ1) is 11.2. The number of carbonyl (C=O) groups is 1. The topological polar surface area (TPSA) is 33.5 Å². The molecule has 1 atom stereocenters. The molecule has 23 heavy (non-hydrogen) atoms. The minimum absolute atomic E-state index is 0.0645. The van der Waals surface area contributed by atoms with Crippen molar-refractivity contribution in [3.8, 4) is 0 Å². The number of carbonyl (C=O) groups excluding carboxylic acids is 1. The van der Waals surface area contributed by atoms with E-state index in [1.165, 1.54) is 16.0 Å². The summed E-state index contributed by atoms with van der Waals surface area (Å²) in [5.74, 6) is 0.0645. The molecular weight excluding hydrogens is 352 g/mol. The summed E-state index contributed by atoms with van der Waals surface area (Å²) in [4.78, 5) is 13.5. The van der Waals surface area contributed by atoms with Crippen molar-refractivity contribution in [2.75, 3.05) is 25.0 Å². The van der Waals surface area contributed by atoms with Crippen LogP contribution in [0.5, 0.6) is 0 Å². The zero-order chi connectivity index (χ0) is 16.1. The molecule has 3 nitrogen and oxygen atoms in total. The van der Waals surface area contributed by atoms with Gasteiger partial charge in [0.05, 0.1) is 13.1 Å². The number of rotatable bonds is 4. The second-order valence-corrected chi connectivity index (χ2v) is 6.70. The number of quaternary nitrogens is 1. The summed E-state index contributed by atoms with van der Waals surface area (Å²) in [6.07, 6.45) is 3.28. The SMILES string of the molecule is O=C(C[NH+]1CC=C(c2ccccc2)CC1)Nc1cccc(Br)c1. The van der Waals surface area contributed by atoms with E-state index in [0.29, 0.717) is 6.54 Å². The van der Waals surface area contributed by atoms with Crippen molar-refractivity contribution in [3.63, 3.8) is 0 Å². The van der Waals surface area contributed by atoms with E-state index in [9.17, 15) is 4.79 Å². The summed E-state index contributed by atoms with van der Waals surface area (Å²) < 4.78 is 0.969. The molecule has 1 aliphatic heterocycles. The fourth-order valence-corrected chi connectivity index (χ4v) is 3.26. The van der Waals surface area contributed by atoms with Crippen LogP contribution in [-0.2, 0) is 4.79 Å². The maximum atomic E-state index is 12.2. The molecule has 0 aromatic heterocycles. The van der Waals surface area contributed by atoms with Crippen molar-refractivity contribution in [2.45, 2.75) is 6.42 Å². The third-order valence-electron chi connectivity index (χ3n) is 4.05. The Labute approximate surface area is 145 Å². The van der Waals surface area contributed by atoms with Crippen LogP contribution in [0, 0.1) is 0 Å². The monoisotopic (exact) mass is 371 g/mol. The average Bonchev–Trinajstić information content (AvgIpc) is 2.56. The number of halogens is 1. The van der Waals surface area contributed by atoms with E-state index in [-0.39, 0.29) is 5.91 Å². The van der Waals surface area contributed by atoms with Crippen LogP contribution >= 0.6 is 15.9 Å². The van der Waals surface area contributed by atoms with Gasteiger partial charge in [0.2, 0.25) is 0 Å². The maximum absolute atomic E-state index is 12.2. The fraction of sp³-hybridized carbons (Fsp3) is 0.211. The van der Waals surface area contributed by atoms with Gasteiger partial charge in [0.15, 0.2) is 6.54 Å². The van der Waals surface area contributed by atoms with Crippen LogP contribution in [-0.4, -0.2) is 25.5 Å². The van der Waals surface area contributed by atoms with E-state index < -0.39 is 0 Å². The Kier molecular flexibility index (Phi) is 5.26. The van der Waals surface area contributed by atoms with Crippen LogP contribution in [0.3, 0.4) is 0 Å². The zero-order valence-corrected chi connectivity index (χ0v) is 14.5. The second-order valence-electron chi connectivity index (χ2n) is 5.78. The van der Waals surface area contributed by atoms with Crippen LogP contribution in [0.25, 0.3) is 5.57 Å². The van der Waals surface area contributed by atoms with Crippen molar-refractivity contribution >= 4 is 33.1 Å². The molecule has 0 aliphatic carbocycles. The van der Waals surface area contributed by atoms with Crippen LogP contribution < -0.4 is 10.2 Å². The predicted molar refractivity (Wildman–Crippen MR) is 97.4 cm³/mol. The smallest absolute Gasteiger partial charge is 0.279 e. The summed E-state index contributed by atoms with van der Waals surface area (Å²) in [5, 5.41) is 2.96. The molecule has 1 heterocycles. The number of hydrogen-bond donors (Lipinski definition) is 2. The quantitative estimate of drug-likeness (QED) is 0.850. The molecule has 2 aromatic carbocycles. The first kappa shape index (κ1) is 16.0. The third-order valence-corrected chi connectivity index (χ3v) is 4.54. The van der Waals surface area contributed by atoms with Crippen molar-refractivity contribution in [1.29, 1.82) is 0 Å². The van der Waals surface area contributed by atoms with Crippen LogP contribution in [0.1, 0.15) is 12.0 Å². The van der Waals surface area contributed by atoms with Crippen molar-refractivity contribution < 1.29 is 9.69 Å². The Morgan fingerprint density at radius 1 is 1.13 bits per heavy atom. The normalized spacial score (nSPS) is 17.4. The highest BCUT2D eigenvalue weighted by molar-refractivity contribution is 9.10. The van der Waals surface area contributed by atoms with E-state index in [0.717, 1.165) is 29.7 Å². The molecule has 0 spiro atoms. The molecule has 0 saturated heterocycles. The van der Waals surface area contributed by atoms with Gasteiger partial charge in [-0.25, -0.2) is 0 Å². The van der Waals surface area contributed by atoms with Crippen LogP contribution in [0.15, 0.2) is 65.1 Å². The van der Waals surface area contributed by atoms with Gasteiger partial charge in [0, 0.05) is 16.6 Å². The third kappa shape index (κ3) is 4.53. The second kappa shape index (κ2) is 7.57. The van der Waals surface area contributed by atoms with Gasteiger partial charge in [-0.15, -0.1) is 0 Å². The minimum atomic E-state index is 0.0645. The fourth-order valence-electron chi connectivity index (χ4n) is 2.86. The summed E-state index contributed by atoms with van der Waals surface area (Å²) >= 11 is 3.42. The Hall–Kier alpha value is -1.91. The van der Waals surface area contributed by atoms with Gasteiger partial charge in [-0.1, -0.05) is 52.3 Å². The first-order valence-corrected chi connectivity index (χ1v) is 8.63. The number of nitrogens with one attached hydrogen (secondary N) is 2. The molecule has 2 aromatic rings. The lowest BCUT2D eigenvalue weighted by Gasteiger charge is -2.23. The van der Waals surface area contributed by atoms with Crippen LogP contribution in [0.2, 0.25) is 0 Å². The van der Waals surface area contributed by atoms with Crippen molar-refractivity contribution in [3.05, 3.63) is 70.7 Å². The predicted octanol–water partition coefficient (Wildman–Crippen LogP) is 2.76. The number of benzene rings is 2. The van der Waals surface area contributed by atoms with E-state index in [1.807, 2.05) is 30.3 Å². The van der Waals surface area contributed by atoms with Crippen molar-refractivity contribution in [1.82, 2.24) is 0 Å². The molecule has 3 rings (SSSR count). The lowest BCUT2D eigenvalue weighted by atomic mass is 10.00. The number of hydrogen-bond acceptors (Lipinski definition) is 1. The van der Waals surface area contributed by atoms with Gasteiger partial charge in [-0.3, -0.25) is 4.79 Å². The van der Waals surface area contributed by atoms with Crippen molar-refractivity contribution in [2.24, 2.45) is 0 Å². The van der Waals surface area contributed by atoms with Gasteiger partial charge >= 0.3 is 0 Å². The minimum Gasteiger partial charge on any atom is -0.324 e. The molecule has 1 aliphatic rings. The molecule has 0 radical (unpaired) electrons. The Bertz CT molecular complexity index is 712. The summed E-state index contributed by atoms with van der Waals surface area (Å²) in [5.41, 5.74) is 3.52. The molecule has 0 bridgehead atoms. The van der Waals surface area contributed by atoms with E-state index in [1.54, 1.807) is 0 Å². The molecular formula is C19H20BrN2O+. The van der Waals surface area contributed by atoms with Gasteiger partial charge < -0.3 is 10.2 Å². The van der Waals surface area contributed by atoms with Gasteiger partial charge in [-0.2, -0.15) is 0 Å². The molecule has 1 unspecified atom stereocenters. The first-order valence-electron chi connectivity index (χ1n) is 7.84. The lowest BCUT2D eigenvalue weighted by Crippen LogP contribution is -3.13. The van der Waals surface area contributed by atoms with E-state index >= 15 is 0 Å². The molecule has 0 saturated carbocycles. The highest BCUT2D eigenvalue weighted by atomic mass is 79.9. The molecule has 4 heteroatoms. The number of amides is 1. The average molecular weight is 372 g/mol. The Morgan fingerprint density at radius 3 is 2.65 bits per heavy atom. The maximum Gasteiger partial charge on any atom is 0.279 e. The van der Waals surface area contributed by atoms with E-state index in [4.69, 9.17) is 0 Å². The Balaban J connectivity index is 1.54. The lowest BCUT2D eigenvalue weighted by molar-refractivity contribution is -0.886. The molecule has 2 N–H and O–H groups in total. The highest BCUT2D eigenvalue weighted by Gasteiger charge is 2.18. The zero-order valence-electron chi connectivity index (χ0n) is 12.9. The molecule has 118 valence electrons. The van der Waals surface area contributed by atoms with Gasteiger partial charge in [-0.05, 0) is 35.4 Å². The number of anilines is 1. The van der Waals surface area contributed by atoms with Gasteiger partial charge in [0.1, 0.15) is 0 Å². The summed E-state index contributed by atoms with van der Waals surface area (Å²) in [6.45, 7) is 2.40. The standard InChI is InChI=1S/C19H19BrN2O/c20-17-7-4-8-18(13-17)21-19(23)14-22-11-9-16(10-12-22)15-5-2-1-3-6-15/h1-9,13H,10-12,14H2,(H,21,23)/p+1. The summed E-state index contributed by atoms with van der Waals surface area (Å²) in [6, 6.07) is 18.2. The molecule has 1 amide bonds. The van der Waals surface area contributed by atoms with E-state index in [2.05, 4.69) is 51.6 Å². The summed E-state index contributed by atoms with van der Waals surface area (Å²) in [7, 11) is 0. The molecule has 0 fully saturated rings. The van der Waals surface area contributed by atoms with Crippen LogP contribution in [0.4, 0.5) is 5.69 Å².